The molecule has 22 heavy (non-hydrogen) atoms. The highest BCUT2D eigenvalue weighted by molar-refractivity contribution is 6.49. The molecule has 1 aliphatic heterocycles. The van der Waals surface area contributed by atoms with Crippen molar-refractivity contribution in [2.45, 2.75) is 83.2 Å². The van der Waals surface area contributed by atoms with Gasteiger partial charge in [-0.25, -0.2) is 0 Å². The van der Waals surface area contributed by atoms with E-state index in [1.165, 1.54) is 17.5 Å². The maximum absolute atomic E-state index is 6.20. The summed E-state index contributed by atoms with van der Waals surface area (Å²) in [7, 11) is -0.0581. The van der Waals surface area contributed by atoms with Crippen LogP contribution in [0.5, 0.6) is 0 Å². The Balaban J connectivity index is 1.68. The highest BCUT2D eigenvalue weighted by Crippen LogP contribution is 2.58. The average molecular weight is 300 g/mol. The van der Waals surface area contributed by atoms with Crippen LogP contribution in [0.2, 0.25) is 5.82 Å². The second-order valence-corrected chi connectivity index (χ2v) is 9.00. The zero-order valence-electron chi connectivity index (χ0n) is 15.1. The van der Waals surface area contributed by atoms with Crippen LogP contribution < -0.4 is 0 Å². The monoisotopic (exact) mass is 300 g/mol. The quantitative estimate of drug-likeness (QED) is 0.721. The first-order chi connectivity index (χ1) is 10.0. The lowest BCUT2D eigenvalue weighted by Gasteiger charge is -2.32. The Morgan fingerprint density at radius 2 is 1.45 bits per heavy atom. The van der Waals surface area contributed by atoms with Crippen LogP contribution in [0.25, 0.3) is 0 Å². The minimum atomic E-state index is -0.221. The summed E-state index contributed by atoms with van der Waals surface area (Å²) in [5.74, 6) is 1.09. The van der Waals surface area contributed by atoms with Gasteiger partial charge < -0.3 is 9.31 Å². The predicted octanol–water partition coefficient (Wildman–Crippen LogP) is 4.93. The average Bonchev–Trinajstić information content (AvgIpc) is 3.12. The van der Waals surface area contributed by atoms with Crippen LogP contribution in [-0.2, 0) is 14.7 Å². The first kappa shape index (κ1) is 16.1. The fourth-order valence-corrected chi connectivity index (χ4v) is 3.19. The smallest absolute Gasteiger partial charge is 0.403 e. The predicted molar refractivity (Wildman–Crippen MR) is 92.3 cm³/mol. The van der Waals surface area contributed by atoms with Crippen LogP contribution in [0.1, 0.15) is 71.9 Å². The van der Waals surface area contributed by atoms with Crippen molar-refractivity contribution in [1.82, 2.24) is 0 Å². The molecule has 0 amide bonds. The van der Waals surface area contributed by atoms with E-state index in [1.54, 1.807) is 0 Å². The molecule has 0 N–H and O–H groups in total. The Morgan fingerprint density at radius 1 is 0.955 bits per heavy atom. The minimum Gasteiger partial charge on any atom is -0.403 e. The molecule has 1 aromatic rings. The van der Waals surface area contributed by atoms with Crippen molar-refractivity contribution in [2.75, 3.05) is 0 Å². The van der Waals surface area contributed by atoms with Gasteiger partial charge in [0, 0.05) is 5.82 Å². The van der Waals surface area contributed by atoms with E-state index in [4.69, 9.17) is 9.31 Å². The zero-order chi connectivity index (χ0) is 16.3. The standard InChI is InChI=1S/C19H29BO2/c1-17(2,3)14-10-8-13(9-11-14)15-12-16(15)20-21-18(4,5)19(6,7)22-20/h8-11,15-16H,12H2,1-7H3/t15-,16+/m1/s1. The SMILES string of the molecule is CC(C)(C)c1ccc([C@H]2C[C@@H]2B2OC(C)(C)C(C)(C)O2)cc1. The van der Waals surface area contributed by atoms with E-state index in [2.05, 4.69) is 72.7 Å². The van der Waals surface area contributed by atoms with Crippen molar-refractivity contribution in [3.63, 3.8) is 0 Å². The van der Waals surface area contributed by atoms with Crippen LogP contribution in [-0.4, -0.2) is 18.3 Å². The molecule has 2 atom stereocenters. The minimum absolute atomic E-state index is 0.0581. The molecule has 1 aromatic carbocycles. The lowest BCUT2D eigenvalue weighted by molar-refractivity contribution is 0.00578. The summed E-state index contributed by atoms with van der Waals surface area (Å²) < 4.78 is 12.4. The molecule has 2 nitrogen and oxygen atoms in total. The van der Waals surface area contributed by atoms with Crippen LogP contribution >= 0.6 is 0 Å². The molecule has 0 bridgehead atoms. The van der Waals surface area contributed by atoms with Gasteiger partial charge in [-0.15, -0.1) is 0 Å². The van der Waals surface area contributed by atoms with Gasteiger partial charge in [0.05, 0.1) is 11.2 Å². The summed E-state index contributed by atoms with van der Waals surface area (Å²) >= 11 is 0. The van der Waals surface area contributed by atoms with Gasteiger partial charge >= 0.3 is 7.12 Å². The molecule has 1 aliphatic carbocycles. The molecule has 3 rings (SSSR count). The van der Waals surface area contributed by atoms with Crippen molar-refractivity contribution in [1.29, 1.82) is 0 Å². The van der Waals surface area contributed by atoms with Crippen LogP contribution in [0.3, 0.4) is 0 Å². The molecule has 0 radical (unpaired) electrons. The Kier molecular flexibility index (Phi) is 3.54. The van der Waals surface area contributed by atoms with E-state index in [-0.39, 0.29) is 23.7 Å². The zero-order valence-corrected chi connectivity index (χ0v) is 15.1. The Hall–Kier alpha value is -0.795. The lowest BCUT2D eigenvalue weighted by atomic mass is 9.79. The maximum Gasteiger partial charge on any atom is 0.461 e. The second kappa shape index (κ2) is 4.85. The van der Waals surface area contributed by atoms with E-state index in [1.807, 2.05) is 0 Å². The Morgan fingerprint density at radius 3 is 1.91 bits per heavy atom. The number of benzene rings is 1. The van der Waals surface area contributed by atoms with Crippen molar-refractivity contribution in [3.8, 4) is 0 Å². The number of rotatable bonds is 2. The number of hydrogen-bond donors (Lipinski definition) is 0. The summed E-state index contributed by atoms with van der Waals surface area (Å²) in [5, 5.41) is 0. The van der Waals surface area contributed by atoms with E-state index < -0.39 is 0 Å². The fraction of sp³-hybridized carbons (Fsp3) is 0.684. The summed E-state index contributed by atoms with van der Waals surface area (Å²) in [6, 6.07) is 9.12. The normalized spacial score (nSPS) is 29.7. The van der Waals surface area contributed by atoms with Crippen molar-refractivity contribution in [3.05, 3.63) is 35.4 Å². The Bertz CT molecular complexity index is 538. The van der Waals surface area contributed by atoms with Crippen molar-refractivity contribution < 1.29 is 9.31 Å². The van der Waals surface area contributed by atoms with Gasteiger partial charge in [0.2, 0.25) is 0 Å². The topological polar surface area (TPSA) is 18.5 Å². The molecule has 2 fully saturated rings. The molecule has 3 heteroatoms. The molecule has 0 unspecified atom stereocenters. The number of hydrogen-bond acceptors (Lipinski definition) is 2. The van der Waals surface area contributed by atoms with E-state index in [0.29, 0.717) is 11.7 Å². The second-order valence-electron chi connectivity index (χ2n) is 9.00. The summed E-state index contributed by atoms with van der Waals surface area (Å²) in [5.41, 5.74) is 2.59. The lowest BCUT2D eigenvalue weighted by Crippen LogP contribution is -2.41. The molecule has 1 saturated heterocycles. The van der Waals surface area contributed by atoms with Gasteiger partial charge in [0.15, 0.2) is 0 Å². The largest absolute Gasteiger partial charge is 0.461 e. The van der Waals surface area contributed by atoms with Gasteiger partial charge in [-0.2, -0.15) is 0 Å². The maximum atomic E-state index is 6.20. The van der Waals surface area contributed by atoms with Gasteiger partial charge in [0.25, 0.3) is 0 Å². The van der Waals surface area contributed by atoms with Gasteiger partial charge in [-0.1, -0.05) is 45.0 Å². The van der Waals surface area contributed by atoms with Gasteiger partial charge in [-0.3, -0.25) is 0 Å². The van der Waals surface area contributed by atoms with E-state index >= 15 is 0 Å². The van der Waals surface area contributed by atoms with E-state index in [9.17, 15) is 0 Å². The van der Waals surface area contributed by atoms with Gasteiger partial charge in [0.1, 0.15) is 0 Å². The molecule has 2 aliphatic rings. The van der Waals surface area contributed by atoms with Gasteiger partial charge in [-0.05, 0) is 56.6 Å². The molecule has 0 spiro atoms. The van der Waals surface area contributed by atoms with Crippen LogP contribution in [0.4, 0.5) is 0 Å². The molecule has 1 heterocycles. The fourth-order valence-electron chi connectivity index (χ4n) is 3.19. The first-order valence-electron chi connectivity index (χ1n) is 8.47. The Labute approximate surface area is 135 Å². The van der Waals surface area contributed by atoms with Crippen LogP contribution in [0, 0.1) is 0 Å². The highest BCUT2D eigenvalue weighted by atomic mass is 16.7. The van der Waals surface area contributed by atoms with Crippen LogP contribution in [0.15, 0.2) is 24.3 Å². The summed E-state index contributed by atoms with van der Waals surface area (Å²) in [4.78, 5) is 0. The molecular weight excluding hydrogens is 271 g/mol. The summed E-state index contributed by atoms with van der Waals surface area (Å²) in [6.45, 7) is 15.3. The molecule has 120 valence electrons. The third kappa shape index (κ3) is 2.74. The molecule has 0 aromatic heterocycles. The third-order valence-electron chi connectivity index (χ3n) is 5.67. The van der Waals surface area contributed by atoms with Crippen molar-refractivity contribution in [2.24, 2.45) is 0 Å². The summed E-state index contributed by atoms with van der Waals surface area (Å²) in [6.07, 6.45) is 1.17. The third-order valence-corrected chi connectivity index (χ3v) is 5.67. The van der Waals surface area contributed by atoms with Crippen molar-refractivity contribution >= 4 is 7.12 Å². The highest BCUT2D eigenvalue weighted by Gasteiger charge is 2.59. The van der Waals surface area contributed by atoms with E-state index in [0.717, 1.165) is 0 Å². The molecule has 1 saturated carbocycles. The molecular formula is C19H29BO2. The first-order valence-corrected chi connectivity index (χ1v) is 8.47.